The van der Waals surface area contributed by atoms with E-state index < -0.39 is 0 Å². The summed E-state index contributed by atoms with van der Waals surface area (Å²) in [5, 5.41) is 0.341. The molecule has 0 N–H and O–H groups in total. The summed E-state index contributed by atoms with van der Waals surface area (Å²) in [4.78, 5) is 4.49. The Hall–Kier alpha value is -0.850. The zero-order valence-corrected chi connectivity index (χ0v) is 13.7. The molecule has 0 spiro atoms. The highest BCUT2D eigenvalue weighted by Crippen LogP contribution is 2.26. The SMILES string of the molecule is Fc1cc(Cl)cc(-n2c(CCl)nc3cc(I)ccc32)c1. The summed E-state index contributed by atoms with van der Waals surface area (Å²) in [6, 6.07) is 10.3. The number of alkyl halides is 1. The Balaban J connectivity index is 2.33. The fraction of sp³-hybridized carbons (Fsp3) is 0.0714. The molecule has 0 unspecified atom stereocenters. The first-order chi connectivity index (χ1) is 9.58. The molecule has 3 rings (SSSR count). The van der Waals surface area contributed by atoms with Crippen LogP contribution in [0.15, 0.2) is 36.4 Å². The van der Waals surface area contributed by atoms with Crippen LogP contribution in [0.4, 0.5) is 4.39 Å². The molecule has 0 saturated heterocycles. The molecule has 0 aliphatic carbocycles. The van der Waals surface area contributed by atoms with Gasteiger partial charge in [-0.05, 0) is 59.0 Å². The highest BCUT2D eigenvalue weighted by atomic mass is 127. The van der Waals surface area contributed by atoms with Crippen LogP contribution in [0.2, 0.25) is 5.02 Å². The third kappa shape index (κ3) is 2.52. The maximum Gasteiger partial charge on any atom is 0.129 e. The van der Waals surface area contributed by atoms with Gasteiger partial charge in [-0.1, -0.05) is 11.6 Å². The van der Waals surface area contributed by atoms with Gasteiger partial charge in [0, 0.05) is 8.59 Å². The number of imidazole rings is 1. The number of hydrogen-bond donors (Lipinski definition) is 0. The Morgan fingerprint density at radius 3 is 2.70 bits per heavy atom. The zero-order valence-electron chi connectivity index (χ0n) is 10.1. The van der Waals surface area contributed by atoms with Crippen LogP contribution >= 0.6 is 45.8 Å². The maximum absolute atomic E-state index is 13.6. The quantitative estimate of drug-likeness (QED) is 0.413. The smallest absolute Gasteiger partial charge is 0.129 e. The van der Waals surface area contributed by atoms with E-state index in [4.69, 9.17) is 23.2 Å². The van der Waals surface area contributed by atoms with Gasteiger partial charge in [0.05, 0.1) is 22.6 Å². The van der Waals surface area contributed by atoms with Crippen molar-refractivity contribution in [2.45, 2.75) is 5.88 Å². The molecule has 0 saturated carbocycles. The molecule has 1 aromatic heterocycles. The molecule has 0 bridgehead atoms. The molecule has 0 radical (unpaired) electrons. The van der Waals surface area contributed by atoms with Crippen molar-refractivity contribution in [1.82, 2.24) is 9.55 Å². The summed E-state index contributed by atoms with van der Waals surface area (Å²) in [5.74, 6) is 0.505. The van der Waals surface area contributed by atoms with Gasteiger partial charge in [-0.25, -0.2) is 9.37 Å². The first-order valence-corrected chi connectivity index (χ1v) is 7.77. The second-order valence-electron chi connectivity index (χ2n) is 4.26. The molecular formula is C14H8Cl2FIN2. The number of hydrogen-bond acceptors (Lipinski definition) is 1. The fourth-order valence-corrected chi connectivity index (χ4v) is 3.02. The molecule has 0 aliphatic heterocycles. The lowest BCUT2D eigenvalue weighted by atomic mass is 10.2. The number of benzene rings is 2. The van der Waals surface area contributed by atoms with Crippen molar-refractivity contribution in [2.75, 3.05) is 0 Å². The van der Waals surface area contributed by atoms with Gasteiger partial charge in [-0.2, -0.15) is 0 Å². The van der Waals surface area contributed by atoms with E-state index in [0.717, 1.165) is 14.6 Å². The second kappa shape index (κ2) is 5.50. The number of aromatic nitrogens is 2. The van der Waals surface area contributed by atoms with E-state index in [1.165, 1.54) is 12.1 Å². The number of fused-ring (bicyclic) bond motifs is 1. The van der Waals surface area contributed by atoms with Gasteiger partial charge in [-0.3, -0.25) is 4.57 Å². The van der Waals surface area contributed by atoms with Crippen LogP contribution in [0, 0.1) is 9.39 Å². The van der Waals surface area contributed by atoms with Crippen molar-refractivity contribution in [3.8, 4) is 5.69 Å². The van der Waals surface area contributed by atoms with Crippen molar-refractivity contribution >= 4 is 56.8 Å². The predicted molar refractivity (Wildman–Crippen MR) is 88.3 cm³/mol. The first kappa shape index (κ1) is 14.1. The number of halogens is 4. The summed E-state index contributed by atoms with van der Waals surface area (Å²) in [6.07, 6.45) is 0. The molecule has 2 nitrogen and oxygen atoms in total. The molecule has 1 heterocycles. The molecule has 3 aromatic rings. The van der Waals surface area contributed by atoms with Gasteiger partial charge in [0.25, 0.3) is 0 Å². The molecule has 102 valence electrons. The topological polar surface area (TPSA) is 17.8 Å². The van der Waals surface area contributed by atoms with Gasteiger partial charge in [0.1, 0.15) is 11.6 Å². The van der Waals surface area contributed by atoms with E-state index in [-0.39, 0.29) is 11.7 Å². The number of nitrogens with zero attached hydrogens (tertiary/aromatic N) is 2. The summed E-state index contributed by atoms with van der Waals surface area (Å²) < 4.78 is 16.5. The predicted octanol–water partition coefficient (Wildman–Crippen LogP) is 5.16. The molecule has 0 aliphatic rings. The van der Waals surface area contributed by atoms with Crippen LogP contribution in [0.25, 0.3) is 16.7 Å². The Labute approximate surface area is 138 Å². The van der Waals surface area contributed by atoms with Crippen molar-refractivity contribution in [2.24, 2.45) is 0 Å². The van der Waals surface area contributed by atoms with E-state index in [1.54, 1.807) is 6.07 Å². The summed E-state index contributed by atoms with van der Waals surface area (Å²) in [6.45, 7) is 0. The third-order valence-electron chi connectivity index (χ3n) is 2.91. The van der Waals surface area contributed by atoms with E-state index in [1.807, 2.05) is 22.8 Å². The minimum Gasteiger partial charge on any atom is -0.295 e. The lowest BCUT2D eigenvalue weighted by Crippen LogP contribution is -2.00. The van der Waals surface area contributed by atoms with Crippen molar-refractivity contribution in [3.63, 3.8) is 0 Å². The van der Waals surface area contributed by atoms with Crippen LogP contribution in [0.3, 0.4) is 0 Å². The molecule has 0 atom stereocenters. The minimum absolute atomic E-state index is 0.236. The fourth-order valence-electron chi connectivity index (χ4n) is 2.15. The van der Waals surface area contributed by atoms with Crippen LogP contribution < -0.4 is 0 Å². The standard InChI is InChI=1S/C14H8Cl2FIN2/c15-7-14-19-12-6-10(18)1-2-13(12)20(14)11-4-8(16)3-9(17)5-11/h1-6H,7H2. The second-order valence-corrected chi connectivity index (χ2v) is 6.21. The third-order valence-corrected chi connectivity index (χ3v) is 4.04. The monoisotopic (exact) mass is 420 g/mol. The average Bonchev–Trinajstić information content (AvgIpc) is 2.74. The number of rotatable bonds is 2. The maximum atomic E-state index is 13.6. The highest BCUT2D eigenvalue weighted by Gasteiger charge is 2.13. The van der Waals surface area contributed by atoms with E-state index in [0.29, 0.717) is 16.5 Å². The Bertz CT molecular complexity index is 781. The molecule has 6 heteroatoms. The minimum atomic E-state index is -0.389. The van der Waals surface area contributed by atoms with Gasteiger partial charge in [0.2, 0.25) is 0 Å². The molecule has 20 heavy (non-hydrogen) atoms. The van der Waals surface area contributed by atoms with Gasteiger partial charge in [-0.15, -0.1) is 11.6 Å². The average molecular weight is 421 g/mol. The molecule has 0 amide bonds. The lowest BCUT2D eigenvalue weighted by molar-refractivity contribution is 0.626. The van der Waals surface area contributed by atoms with Crippen molar-refractivity contribution in [3.05, 3.63) is 56.6 Å². The Morgan fingerprint density at radius 1 is 1.20 bits per heavy atom. The summed E-state index contributed by atoms with van der Waals surface area (Å²) >= 11 is 14.1. The largest absolute Gasteiger partial charge is 0.295 e. The van der Waals surface area contributed by atoms with Crippen LogP contribution in [-0.4, -0.2) is 9.55 Å². The van der Waals surface area contributed by atoms with E-state index in [9.17, 15) is 4.39 Å². The molecule has 0 fully saturated rings. The van der Waals surface area contributed by atoms with E-state index in [2.05, 4.69) is 27.6 Å². The van der Waals surface area contributed by atoms with Crippen molar-refractivity contribution in [1.29, 1.82) is 0 Å². The van der Waals surface area contributed by atoms with Gasteiger partial charge >= 0.3 is 0 Å². The lowest BCUT2D eigenvalue weighted by Gasteiger charge is -2.08. The van der Waals surface area contributed by atoms with Gasteiger partial charge in [0.15, 0.2) is 0 Å². The zero-order chi connectivity index (χ0) is 14.3. The molecule has 2 aromatic carbocycles. The summed E-state index contributed by atoms with van der Waals surface area (Å²) in [7, 11) is 0. The van der Waals surface area contributed by atoms with Crippen LogP contribution in [0.5, 0.6) is 0 Å². The Kier molecular flexibility index (Phi) is 3.88. The Morgan fingerprint density at radius 2 is 2.00 bits per heavy atom. The van der Waals surface area contributed by atoms with Crippen LogP contribution in [0.1, 0.15) is 5.82 Å². The van der Waals surface area contributed by atoms with Crippen molar-refractivity contribution < 1.29 is 4.39 Å². The summed E-state index contributed by atoms with van der Waals surface area (Å²) in [5.41, 5.74) is 2.32. The van der Waals surface area contributed by atoms with E-state index >= 15 is 0 Å². The first-order valence-electron chi connectivity index (χ1n) is 5.78. The normalized spacial score (nSPS) is 11.2. The van der Waals surface area contributed by atoms with Crippen LogP contribution in [-0.2, 0) is 5.88 Å². The highest BCUT2D eigenvalue weighted by molar-refractivity contribution is 14.1. The van der Waals surface area contributed by atoms with Gasteiger partial charge < -0.3 is 0 Å². The molecular weight excluding hydrogens is 413 g/mol.